The predicted octanol–water partition coefficient (Wildman–Crippen LogP) is 3.67. The van der Waals surface area contributed by atoms with Gasteiger partial charge in [0.05, 0.1) is 24.1 Å². The lowest BCUT2D eigenvalue weighted by molar-refractivity contribution is -0.0555. The van der Waals surface area contributed by atoms with Crippen molar-refractivity contribution in [3.05, 3.63) is 24.5 Å². The molecule has 1 aromatic heterocycles. The second-order valence-electron chi connectivity index (χ2n) is 6.88. The fourth-order valence-electron chi connectivity index (χ4n) is 3.47. The summed E-state index contributed by atoms with van der Waals surface area (Å²) in [5.74, 6) is 0.855. The maximum atomic E-state index is 12.2. The first kappa shape index (κ1) is 16.2. The Hall–Kier alpha value is -1.62. The van der Waals surface area contributed by atoms with Gasteiger partial charge in [0.25, 0.3) is 0 Å². The number of urea groups is 1. The number of nitrogens with one attached hydrogen (secondary N) is 1. The second-order valence-corrected chi connectivity index (χ2v) is 6.88. The van der Waals surface area contributed by atoms with Gasteiger partial charge in [-0.15, -0.1) is 0 Å². The van der Waals surface area contributed by atoms with Gasteiger partial charge in [-0.2, -0.15) is 0 Å². The number of likely N-dealkylation sites (tertiary alicyclic amines) is 1. The van der Waals surface area contributed by atoms with Crippen molar-refractivity contribution in [2.75, 3.05) is 18.4 Å². The van der Waals surface area contributed by atoms with Gasteiger partial charge in [0.15, 0.2) is 0 Å². The fourth-order valence-corrected chi connectivity index (χ4v) is 3.47. The minimum atomic E-state index is -0.0389. The van der Waals surface area contributed by atoms with Crippen LogP contribution in [-0.4, -0.2) is 41.2 Å². The highest BCUT2D eigenvalue weighted by atomic mass is 16.5. The summed E-state index contributed by atoms with van der Waals surface area (Å²) in [6.45, 7) is 3.86. The molecule has 1 aromatic rings. The van der Waals surface area contributed by atoms with Crippen LogP contribution in [0.5, 0.6) is 0 Å². The van der Waals surface area contributed by atoms with Gasteiger partial charge in [0.2, 0.25) is 0 Å². The van der Waals surface area contributed by atoms with Crippen LogP contribution in [0.2, 0.25) is 0 Å². The lowest BCUT2D eigenvalue weighted by Gasteiger charge is -2.35. The molecule has 2 fully saturated rings. The molecule has 5 heteroatoms. The van der Waals surface area contributed by atoms with Crippen molar-refractivity contribution in [3.8, 4) is 0 Å². The van der Waals surface area contributed by atoms with Crippen LogP contribution in [0.1, 0.15) is 45.4 Å². The highest BCUT2D eigenvalue weighted by Crippen LogP contribution is 2.28. The molecule has 0 spiro atoms. The van der Waals surface area contributed by atoms with Crippen LogP contribution in [0.3, 0.4) is 0 Å². The van der Waals surface area contributed by atoms with E-state index in [2.05, 4.69) is 17.2 Å². The Bertz CT molecular complexity index is 492. The van der Waals surface area contributed by atoms with Crippen LogP contribution in [0.15, 0.2) is 24.5 Å². The summed E-state index contributed by atoms with van der Waals surface area (Å²) in [4.78, 5) is 18.1. The molecule has 0 bridgehead atoms. The highest BCUT2D eigenvalue weighted by molar-refractivity contribution is 5.89. The number of piperidine rings is 1. The van der Waals surface area contributed by atoms with E-state index < -0.39 is 0 Å². The largest absolute Gasteiger partial charge is 0.375 e. The summed E-state index contributed by atoms with van der Waals surface area (Å²) in [5, 5.41) is 2.90. The molecule has 126 valence electrons. The molecular formula is C18H27N3O2. The number of anilines is 1. The zero-order valence-corrected chi connectivity index (χ0v) is 13.9. The van der Waals surface area contributed by atoms with E-state index in [1.165, 1.54) is 25.7 Å². The molecule has 0 radical (unpaired) electrons. The van der Waals surface area contributed by atoms with Gasteiger partial charge in [-0.25, -0.2) is 4.79 Å². The molecule has 2 amide bonds. The maximum absolute atomic E-state index is 12.2. The number of rotatable bonds is 3. The summed E-state index contributed by atoms with van der Waals surface area (Å²) >= 11 is 0. The highest BCUT2D eigenvalue weighted by Gasteiger charge is 2.27. The third-order valence-electron chi connectivity index (χ3n) is 4.99. The Morgan fingerprint density at radius 3 is 2.52 bits per heavy atom. The molecule has 1 aliphatic heterocycles. The quantitative estimate of drug-likeness (QED) is 0.925. The van der Waals surface area contributed by atoms with Crippen molar-refractivity contribution in [2.24, 2.45) is 5.92 Å². The molecule has 23 heavy (non-hydrogen) atoms. The second kappa shape index (κ2) is 7.77. The van der Waals surface area contributed by atoms with E-state index in [4.69, 9.17) is 4.74 Å². The number of pyridine rings is 1. The molecule has 1 saturated heterocycles. The van der Waals surface area contributed by atoms with Gasteiger partial charge in [0.1, 0.15) is 0 Å². The Kier molecular flexibility index (Phi) is 5.49. The van der Waals surface area contributed by atoms with E-state index in [0.29, 0.717) is 12.2 Å². The van der Waals surface area contributed by atoms with E-state index in [0.717, 1.165) is 37.5 Å². The average molecular weight is 317 g/mol. The molecule has 1 aliphatic carbocycles. The minimum absolute atomic E-state index is 0.0389. The fraction of sp³-hybridized carbons (Fsp3) is 0.667. The van der Waals surface area contributed by atoms with Gasteiger partial charge in [0, 0.05) is 19.3 Å². The molecule has 1 saturated carbocycles. The van der Waals surface area contributed by atoms with E-state index in [9.17, 15) is 4.79 Å². The van der Waals surface area contributed by atoms with Crippen LogP contribution in [0, 0.1) is 5.92 Å². The van der Waals surface area contributed by atoms with Gasteiger partial charge >= 0.3 is 6.03 Å². The summed E-state index contributed by atoms with van der Waals surface area (Å²) in [7, 11) is 0. The van der Waals surface area contributed by atoms with Gasteiger partial charge in [-0.05, 0) is 56.6 Å². The van der Waals surface area contributed by atoms with Crippen LogP contribution < -0.4 is 5.32 Å². The van der Waals surface area contributed by atoms with Crippen molar-refractivity contribution in [2.45, 2.75) is 57.7 Å². The molecule has 3 rings (SSSR count). The monoisotopic (exact) mass is 317 g/mol. The van der Waals surface area contributed by atoms with E-state index in [-0.39, 0.29) is 6.03 Å². The van der Waals surface area contributed by atoms with E-state index >= 15 is 0 Å². The summed E-state index contributed by atoms with van der Waals surface area (Å²) < 4.78 is 6.26. The maximum Gasteiger partial charge on any atom is 0.321 e. The number of nitrogens with zero attached hydrogens (tertiary/aromatic N) is 2. The molecule has 5 nitrogen and oxygen atoms in total. The molecule has 0 atom stereocenters. The van der Waals surface area contributed by atoms with Crippen LogP contribution in [0.4, 0.5) is 10.5 Å². The SMILES string of the molecule is CC1CCC(OC2CCN(C(=O)Nc3cccnc3)CC2)CC1. The average Bonchev–Trinajstić information content (AvgIpc) is 2.58. The topological polar surface area (TPSA) is 54.5 Å². The normalized spacial score (nSPS) is 26.0. The summed E-state index contributed by atoms with van der Waals surface area (Å²) in [5.41, 5.74) is 0.743. The first-order chi connectivity index (χ1) is 11.2. The van der Waals surface area contributed by atoms with Crippen LogP contribution in [0.25, 0.3) is 0 Å². The van der Waals surface area contributed by atoms with Crippen molar-refractivity contribution in [1.29, 1.82) is 0 Å². The predicted molar refractivity (Wildman–Crippen MR) is 90.4 cm³/mol. The van der Waals surface area contributed by atoms with Crippen molar-refractivity contribution >= 4 is 11.7 Å². The summed E-state index contributed by atoms with van der Waals surface area (Å²) in [6, 6.07) is 3.63. The van der Waals surface area contributed by atoms with E-state index in [1.807, 2.05) is 17.0 Å². The lowest BCUT2D eigenvalue weighted by atomic mass is 9.88. The zero-order valence-electron chi connectivity index (χ0n) is 13.9. The third kappa shape index (κ3) is 4.67. The van der Waals surface area contributed by atoms with Crippen molar-refractivity contribution < 1.29 is 9.53 Å². The van der Waals surface area contributed by atoms with Gasteiger partial charge in [-0.3, -0.25) is 4.98 Å². The number of ether oxygens (including phenoxy) is 1. The molecular weight excluding hydrogens is 290 g/mol. The summed E-state index contributed by atoms with van der Waals surface area (Å²) in [6.07, 6.45) is 11.0. The first-order valence-corrected chi connectivity index (χ1v) is 8.82. The Labute approximate surface area is 138 Å². The molecule has 0 unspecified atom stereocenters. The molecule has 2 aliphatic rings. The third-order valence-corrected chi connectivity index (χ3v) is 4.99. The van der Waals surface area contributed by atoms with Crippen molar-refractivity contribution in [3.63, 3.8) is 0 Å². The number of aromatic nitrogens is 1. The zero-order chi connectivity index (χ0) is 16.1. The molecule has 1 N–H and O–H groups in total. The van der Waals surface area contributed by atoms with E-state index in [1.54, 1.807) is 12.4 Å². The lowest BCUT2D eigenvalue weighted by Crippen LogP contribution is -2.44. The standard InChI is InChI=1S/C18H27N3O2/c1-14-4-6-16(7-5-14)23-17-8-11-21(12-9-17)18(22)20-15-3-2-10-19-13-15/h2-3,10,13-14,16-17H,4-9,11-12H2,1H3,(H,20,22). The van der Waals surface area contributed by atoms with Crippen molar-refractivity contribution in [1.82, 2.24) is 9.88 Å². The Morgan fingerprint density at radius 1 is 1.17 bits per heavy atom. The number of carbonyl (C=O) groups is 1. The molecule has 0 aromatic carbocycles. The Morgan fingerprint density at radius 2 is 1.87 bits per heavy atom. The number of carbonyl (C=O) groups excluding carboxylic acids is 1. The van der Waals surface area contributed by atoms with Gasteiger partial charge in [-0.1, -0.05) is 6.92 Å². The Balaban J connectivity index is 1.40. The number of hydrogen-bond acceptors (Lipinski definition) is 3. The van der Waals surface area contributed by atoms with Gasteiger partial charge < -0.3 is 15.0 Å². The van der Waals surface area contributed by atoms with Crippen LogP contribution >= 0.6 is 0 Å². The molecule has 2 heterocycles. The smallest absolute Gasteiger partial charge is 0.321 e. The van der Waals surface area contributed by atoms with Crippen LogP contribution in [-0.2, 0) is 4.74 Å². The number of amides is 2. The number of hydrogen-bond donors (Lipinski definition) is 1. The minimum Gasteiger partial charge on any atom is -0.375 e. The first-order valence-electron chi connectivity index (χ1n) is 8.82.